The van der Waals surface area contributed by atoms with E-state index in [0.717, 1.165) is 53.7 Å². The molecule has 0 bridgehead atoms. The quantitative estimate of drug-likeness (QED) is 0.320. The smallest absolute Gasteiger partial charge is 0.211 e. The summed E-state index contributed by atoms with van der Waals surface area (Å²) in [5, 5.41) is 1.08. The minimum absolute atomic E-state index is 0.222. The van der Waals surface area contributed by atoms with Crippen LogP contribution >= 0.6 is 35.0 Å². The fraction of sp³-hybridized carbons (Fsp3) is 0.538. The summed E-state index contributed by atoms with van der Waals surface area (Å²) in [5.41, 5.74) is 1.08. The zero-order valence-corrected chi connectivity index (χ0v) is 24.4. The number of piperidine rings is 1. The molecule has 1 aliphatic heterocycles. The Morgan fingerprint density at radius 2 is 1.89 bits per heavy atom. The summed E-state index contributed by atoms with van der Waals surface area (Å²) in [7, 11) is 2.06. The average Bonchev–Trinajstić information content (AvgIpc) is 3.49. The van der Waals surface area contributed by atoms with E-state index < -0.39 is 11.4 Å². The molecule has 1 spiro atoms. The lowest BCUT2D eigenvalue weighted by Gasteiger charge is -2.46. The minimum atomic E-state index is -1.01. The Balaban J connectivity index is 1.35. The summed E-state index contributed by atoms with van der Waals surface area (Å²) in [5.74, 6) is 0.917. The minimum Gasteiger partial charge on any atom is -0.597 e. The molecule has 1 saturated heterocycles. The lowest BCUT2D eigenvalue weighted by atomic mass is 9.74. The molecule has 3 aromatic rings. The predicted octanol–water partition coefficient (Wildman–Crippen LogP) is 6.72. The van der Waals surface area contributed by atoms with Gasteiger partial charge in [-0.15, -0.1) is 4.31 Å². The molecule has 1 saturated carbocycles. The van der Waals surface area contributed by atoms with Crippen LogP contribution in [-0.4, -0.2) is 54.2 Å². The number of rotatable bonds is 5. The molecule has 1 aromatic carbocycles. The summed E-state index contributed by atoms with van der Waals surface area (Å²) >= 11 is 13.2. The molecule has 2 aliphatic rings. The van der Waals surface area contributed by atoms with Gasteiger partial charge in [0, 0.05) is 55.0 Å². The van der Waals surface area contributed by atoms with E-state index in [9.17, 15) is 4.55 Å². The van der Waals surface area contributed by atoms with E-state index >= 15 is 0 Å². The van der Waals surface area contributed by atoms with Crippen LogP contribution in [0.25, 0.3) is 5.65 Å². The molecule has 1 aliphatic carbocycles. The summed E-state index contributed by atoms with van der Waals surface area (Å²) in [4.78, 5) is 13.7. The molecule has 5 rings (SSSR count). The summed E-state index contributed by atoms with van der Waals surface area (Å²) in [6, 6.07) is 6.01. The first-order valence-corrected chi connectivity index (χ1v) is 15.1. The van der Waals surface area contributed by atoms with Crippen LogP contribution in [-0.2, 0) is 11.4 Å². The highest BCUT2D eigenvalue weighted by Gasteiger charge is 2.51. The Labute approximate surface area is 231 Å². The first-order valence-electron chi connectivity index (χ1n) is 12.4. The molecule has 0 amide bonds. The van der Waals surface area contributed by atoms with Crippen molar-refractivity contribution in [3.8, 4) is 0 Å². The van der Waals surface area contributed by atoms with Crippen LogP contribution in [0.5, 0.6) is 0 Å². The van der Waals surface area contributed by atoms with E-state index in [0.29, 0.717) is 16.1 Å². The lowest BCUT2D eigenvalue weighted by molar-refractivity contribution is 0.130. The van der Waals surface area contributed by atoms with Crippen molar-refractivity contribution in [2.75, 3.05) is 25.0 Å². The SMILES string of the molecule is CN([C@@H]1CCCC12CCN(c1ncc(Sc3cccc(Cl)c3Cl)c3nccn13)CC2)[S@@+]([O-])C(C)(C)C. The number of imidazole rings is 1. The Kier molecular flexibility index (Phi) is 7.49. The largest absolute Gasteiger partial charge is 0.597 e. The van der Waals surface area contributed by atoms with Gasteiger partial charge in [0.25, 0.3) is 0 Å². The second-order valence-electron chi connectivity index (χ2n) is 10.9. The number of fused-ring (bicyclic) bond motifs is 1. The van der Waals surface area contributed by atoms with E-state index in [1.807, 2.05) is 30.7 Å². The van der Waals surface area contributed by atoms with Gasteiger partial charge in [-0.2, -0.15) is 0 Å². The maximum Gasteiger partial charge on any atom is 0.211 e. The van der Waals surface area contributed by atoms with Crippen molar-refractivity contribution >= 4 is 57.9 Å². The topological polar surface area (TPSA) is 59.7 Å². The molecule has 3 heterocycles. The zero-order valence-electron chi connectivity index (χ0n) is 21.2. The van der Waals surface area contributed by atoms with Gasteiger partial charge in [-0.1, -0.05) is 47.5 Å². The Bertz CT molecular complexity index is 1240. The van der Waals surface area contributed by atoms with Crippen molar-refractivity contribution < 1.29 is 4.55 Å². The number of hydrogen-bond acceptors (Lipinski definition) is 6. The van der Waals surface area contributed by atoms with Crippen LogP contribution in [0.1, 0.15) is 52.9 Å². The van der Waals surface area contributed by atoms with Gasteiger partial charge in [0.1, 0.15) is 4.75 Å². The molecule has 2 atom stereocenters. The van der Waals surface area contributed by atoms with Crippen molar-refractivity contribution in [1.29, 1.82) is 0 Å². The van der Waals surface area contributed by atoms with Gasteiger partial charge >= 0.3 is 0 Å². The molecule has 0 N–H and O–H groups in total. The molecule has 10 heteroatoms. The third-order valence-electron chi connectivity index (χ3n) is 7.64. The van der Waals surface area contributed by atoms with Gasteiger partial charge in [-0.3, -0.25) is 4.40 Å². The predicted molar refractivity (Wildman–Crippen MR) is 151 cm³/mol. The number of nitrogens with zero attached hydrogens (tertiary/aromatic N) is 5. The molecule has 0 unspecified atom stereocenters. The number of benzene rings is 1. The lowest BCUT2D eigenvalue weighted by Crippen LogP contribution is -2.54. The molecule has 6 nitrogen and oxygen atoms in total. The molecule has 2 fully saturated rings. The van der Waals surface area contributed by atoms with Crippen LogP contribution in [0.4, 0.5) is 5.95 Å². The molecular formula is C26H33Cl2N5OS2. The monoisotopic (exact) mass is 565 g/mol. The fourth-order valence-corrected chi connectivity index (χ4v) is 8.67. The maximum atomic E-state index is 13.2. The standard InChI is InChI=1S/C26H33Cl2N5OS2/c1-25(2,3)36(34)31(4)21-9-6-10-26(21)11-14-32(15-12-26)24-30-17-20(23-29-13-16-33(23)24)35-19-8-5-7-18(27)22(19)28/h5,7-8,13,16-17,21H,6,9-12,14-15H2,1-4H3/t21-,36+/m1/s1. The van der Waals surface area contributed by atoms with Crippen molar-refractivity contribution in [3.05, 3.63) is 46.8 Å². The van der Waals surface area contributed by atoms with E-state index in [4.69, 9.17) is 28.2 Å². The van der Waals surface area contributed by atoms with Crippen molar-refractivity contribution in [2.24, 2.45) is 5.41 Å². The highest BCUT2D eigenvalue weighted by Crippen LogP contribution is 2.50. The molecule has 2 aromatic heterocycles. The van der Waals surface area contributed by atoms with Crippen molar-refractivity contribution in [3.63, 3.8) is 0 Å². The fourth-order valence-electron chi connectivity index (χ4n) is 5.84. The second kappa shape index (κ2) is 10.2. The average molecular weight is 567 g/mol. The molecule has 0 radical (unpaired) electrons. The molecule has 194 valence electrons. The second-order valence-corrected chi connectivity index (χ2v) is 15.0. The van der Waals surface area contributed by atoms with E-state index in [1.165, 1.54) is 24.6 Å². The summed E-state index contributed by atoms with van der Waals surface area (Å²) in [6.07, 6.45) is 11.4. The number of anilines is 1. The number of hydrogen-bond donors (Lipinski definition) is 0. The third-order valence-corrected chi connectivity index (χ3v) is 11.5. The van der Waals surface area contributed by atoms with E-state index in [1.54, 1.807) is 6.07 Å². The van der Waals surface area contributed by atoms with Gasteiger partial charge in [0.15, 0.2) is 5.65 Å². The van der Waals surface area contributed by atoms with Crippen molar-refractivity contribution in [2.45, 2.75) is 73.5 Å². The Morgan fingerprint density at radius 1 is 1.14 bits per heavy atom. The maximum absolute atomic E-state index is 13.2. The normalized spacial score (nSPS) is 21.1. The number of halogens is 2. The van der Waals surface area contributed by atoms with E-state index in [-0.39, 0.29) is 10.2 Å². The van der Waals surface area contributed by atoms with Crippen LogP contribution in [0, 0.1) is 5.41 Å². The van der Waals surface area contributed by atoms with Crippen LogP contribution < -0.4 is 4.90 Å². The van der Waals surface area contributed by atoms with Gasteiger partial charge in [-0.25, -0.2) is 9.97 Å². The van der Waals surface area contributed by atoms with Gasteiger partial charge in [0.05, 0.1) is 21.0 Å². The van der Waals surface area contributed by atoms with Gasteiger partial charge in [-0.05, 0) is 64.0 Å². The molecular weight excluding hydrogens is 533 g/mol. The summed E-state index contributed by atoms with van der Waals surface area (Å²) < 4.78 is 17.2. The Hall–Kier alpha value is -1.16. The van der Waals surface area contributed by atoms with Crippen LogP contribution in [0.3, 0.4) is 0 Å². The van der Waals surface area contributed by atoms with E-state index in [2.05, 4.69) is 46.4 Å². The van der Waals surface area contributed by atoms with Gasteiger partial charge < -0.3 is 9.45 Å². The van der Waals surface area contributed by atoms with Gasteiger partial charge in [0.2, 0.25) is 5.95 Å². The van der Waals surface area contributed by atoms with Crippen LogP contribution in [0.2, 0.25) is 10.0 Å². The highest BCUT2D eigenvalue weighted by molar-refractivity contribution is 7.99. The first-order chi connectivity index (χ1) is 17.1. The Morgan fingerprint density at radius 3 is 2.61 bits per heavy atom. The highest BCUT2D eigenvalue weighted by atomic mass is 35.5. The first kappa shape index (κ1) is 26.4. The zero-order chi connectivity index (χ0) is 25.7. The summed E-state index contributed by atoms with van der Waals surface area (Å²) in [6.45, 7) is 8.05. The number of aromatic nitrogens is 3. The third kappa shape index (κ3) is 4.85. The molecule has 36 heavy (non-hydrogen) atoms. The van der Waals surface area contributed by atoms with Crippen LogP contribution in [0.15, 0.2) is 46.6 Å². The van der Waals surface area contributed by atoms with Crippen molar-refractivity contribution in [1.82, 2.24) is 18.7 Å².